The van der Waals surface area contributed by atoms with E-state index in [1.165, 1.54) is 6.33 Å². The molecule has 0 spiro atoms. The third kappa shape index (κ3) is 1.18. The Kier molecular flexibility index (Phi) is 1.59. The molecule has 59 valence electrons. The third-order valence-corrected chi connectivity index (χ3v) is 1.49. The minimum absolute atomic E-state index is 0.804. The first-order chi connectivity index (χ1) is 5.86. The average molecular weight is 159 g/mol. The van der Waals surface area contributed by atoms with Crippen LogP contribution < -0.4 is 0 Å². The van der Waals surface area contributed by atoms with E-state index in [1.807, 2.05) is 19.1 Å². The van der Waals surface area contributed by atoms with E-state index < -0.39 is 0 Å². The topological polar surface area (TPSA) is 43.6 Å². The summed E-state index contributed by atoms with van der Waals surface area (Å²) in [7, 11) is 0. The van der Waals surface area contributed by atoms with E-state index in [-0.39, 0.29) is 0 Å². The van der Waals surface area contributed by atoms with Gasteiger partial charge in [-0.3, -0.25) is 0 Å². The molecule has 0 aliphatic carbocycles. The zero-order valence-corrected chi connectivity index (χ0v) is 6.60. The Bertz CT molecular complexity index is 349. The highest BCUT2D eigenvalue weighted by molar-refractivity contribution is 5.25. The molecule has 0 N–H and O–H groups in total. The van der Waals surface area contributed by atoms with Crippen molar-refractivity contribution in [3.63, 3.8) is 0 Å². The minimum atomic E-state index is 0.804. The first-order valence-electron chi connectivity index (χ1n) is 3.56. The van der Waals surface area contributed by atoms with Crippen LogP contribution in [-0.2, 0) is 0 Å². The minimum Gasteiger partial charge on any atom is -0.249 e. The van der Waals surface area contributed by atoms with Crippen LogP contribution in [0.2, 0.25) is 0 Å². The van der Waals surface area contributed by atoms with E-state index in [9.17, 15) is 0 Å². The molecule has 0 aliphatic heterocycles. The number of rotatable bonds is 1. The van der Waals surface area contributed by atoms with E-state index in [4.69, 9.17) is 0 Å². The Morgan fingerprint density at radius 2 is 2.33 bits per heavy atom. The molecule has 0 atom stereocenters. The predicted octanol–water partition coefficient (Wildman–Crippen LogP) is 0.771. The summed E-state index contributed by atoms with van der Waals surface area (Å²) in [5.74, 6) is 0. The van der Waals surface area contributed by atoms with Gasteiger partial charge in [0.05, 0.1) is 5.69 Å². The van der Waals surface area contributed by atoms with Crippen LogP contribution in [0, 0.1) is 13.1 Å². The molecule has 4 nitrogen and oxygen atoms in total. The summed E-state index contributed by atoms with van der Waals surface area (Å²) in [5.41, 5.74) is 1.75. The van der Waals surface area contributed by atoms with Crippen LogP contribution in [0.1, 0.15) is 5.69 Å². The largest absolute Gasteiger partial charge is 0.249 e. The maximum Gasteiger partial charge on any atom is 0.138 e. The van der Waals surface area contributed by atoms with Gasteiger partial charge >= 0.3 is 0 Å². The van der Waals surface area contributed by atoms with E-state index in [1.54, 1.807) is 11.0 Å². The highest BCUT2D eigenvalue weighted by Gasteiger charge is 1.95. The molecular formula is C8H7N4. The van der Waals surface area contributed by atoms with Crippen LogP contribution in [0.15, 0.2) is 24.8 Å². The van der Waals surface area contributed by atoms with Gasteiger partial charge in [-0.15, -0.1) is 0 Å². The summed E-state index contributed by atoms with van der Waals surface area (Å²) < 4.78 is 1.62. The number of aromatic nitrogens is 4. The second kappa shape index (κ2) is 2.73. The van der Waals surface area contributed by atoms with Crippen LogP contribution in [0.3, 0.4) is 0 Å². The van der Waals surface area contributed by atoms with Crippen LogP contribution in [-0.4, -0.2) is 19.7 Å². The molecule has 0 aliphatic rings. The number of pyridine rings is 1. The molecule has 2 rings (SSSR count). The quantitative estimate of drug-likeness (QED) is 0.617. The lowest BCUT2D eigenvalue weighted by Crippen LogP contribution is -1.95. The van der Waals surface area contributed by atoms with Gasteiger partial charge in [0.1, 0.15) is 18.9 Å². The van der Waals surface area contributed by atoms with Crippen molar-refractivity contribution in [1.29, 1.82) is 0 Å². The molecule has 0 saturated carbocycles. The zero-order valence-electron chi connectivity index (χ0n) is 6.60. The van der Waals surface area contributed by atoms with Crippen molar-refractivity contribution in [2.45, 2.75) is 6.92 Å². The number of nitrogens with zero attached hydrogens (tertiary/aromatic N) is 4. The van der Waals surface area contributed by atoms with Gasteiger partial charge in [0.2, 0.25) is 0 Å². The SMILES string of the molecule is Cc1ccc(-n2cncn2)[c]n1. The van der Waals surface area contributed by atoms with Gasteiger partial charge in [-0.1, -0.05) is 0 Å². The molecule has 2 heterocycles. The summed E-state index contributed by atoms with van der Waals surface area (Å²) in [6.45, 7) is 1.92. The van der Waals surface area contributed by atoms with Gasteiger partial charge in [0, 0.05) is 5.69 Å². The van der Waals surface area contributed by atoms with Gasteiger partial charge in [-0.25, -0.2) is 14.6 Å². The maximum absolute atomic E-state index is 4.02. The summed E-state index contributed by atoms with van der Waals surface area (Å²) in [5, 5.41) is 3.95. The highest BCUT2D eigenvalue weighted by atomic mass is 15.3. The lowest BCUT2D eigenvalue weighted by Gasteiger charge is -1.97. The van der Waals surface area contributed by atoms with E-state index >= 15 is 0 Å². The van der Waals surface area contributed by atoms with Crippen molar-refractivity contribution >= 4 is 0 Å². The fourth-order valence-electron chi connectivity index (χ4n) is 0.880. The van der Waals surface area contributed by atoms with Crippen LogP contribution in [0.4, 0.5) is 0 Å². The molecule has 0 amide bonds. The molecular weight excluding hydrogens is 152 g/mol. The first kappa shape index (κ1) is 6.97. The van der Waals surface area contributed by atoms with Gasteiger partial charge in [-0.05, 0) is 19.1 Å². The summed E-state index contributed by atoms with van der Waals surface area (Å²) in [6, 6.07) is 3.81. The fraction of sp³-hybridized carbons (Fsp3) is 0.125. The number of aryl methyl sites for hydroxylation is 1. The molecule has 0 fully saturated rings. The summed E-state index contributed by atoms with van der Waals surface area (Å²) in [6.07, 6.45) is 5.94. The van der Waals surface area contributed by atoms with Gasteiger partial charge in [0.25, 0.3) is 0 Å². The molecule has 4 heteroatoms. The predicted molar refractivity (Wildman–Crippen MR) is 42.7 cm³/mol. The lowest BCUT2D eigenvalue weighted by atomic mass is 10.3. The fourth-order valence-corrected chi connectivity index (χ4v) is 0.880. The molecule has 1 radical (unpaired) electrons. The van der Waals surface area contributed by atoms with E-state index in [0.29, 0.717) is 0 Å². The van der Waals surface area contributed by atoms with Crippen LogP contribution in [0.25, 0.3) is 5.69 Å². The van der Waals surface area contributed by atoms with Crippen molar-refractivity contribution in [2.75, 3.05) is 0 Å². The molecule has 12 heavy (non-hydrogen) atoms. The van der Waals surface area contributed by atoms with Crippen LogP contribution >= 0.6 is 0 Å². The normalized spacial score (nSPS) is 10.1. The van der Waals surface area contributed by atoms with Gasteiger partial charge < -0.3 is 0 Å². The summed E-state index contributed by atoms with van der Waals surface area (Å²) >= 11 is 0. The maximum atomic E-state index is 4.02. The summed E-state index contributed by atoms with van der Waals surface area (Å²) in [4.78, 5) is 7.85. The first-order valence-corrected chi connectivity index (χ1v) is 3.56. The van der Waals surface area contributed by atoms with E-state index in [2.05, 4.69) is 21.3 Å². The zero-order chi connectivity index (χ0) is 8.39. The van der Waals surface area contributed by atoms with Crippen molar-refractivity contribution in [3.8, 4) is 5.69 Å². The lowest BCUT2D eigenvalue weighted by molar-refractivity contribution is 0.867. The second-order valence-corrected chi connectivity index (χ2v) is 2.42. The number of hydrogen-bond donors (Lipinski definition) is 0. The molecule has 0 aromatic carbocycles. The number of hydrogen-bond acceptors (Lipinski definition) is 3. The Morgan fingerprint density at radius 3 is 2.92 bits per heavy atom. The Balaban J connectivity index is 2.43. The smallest absolute Gasteiger partial charge is 0.138 e. The Labute approximate surface area is 69.9 Å². The van der Waals surface area contributed by atoms with Crippen molar-refractivity contribution < 1.29 is 0 Å². The van der Waals surface area contributed by atoms with E-state index in [0.717, 1.165) is 11.4 Å². The van der Waals surface area contributed by atoms with Crippen LogP contribution in [0.5, 0.6) is 0 Å². The molecule has 0 bridgehead atoms. The second-order valence-electron chi connectivity index (χ2n) is 2.42. The Hall–Kier alpha value is -1.71. The standard InChI is InChI=1S/C8H7N4/c1-7-2-3-8(4-10-7)12-6-9-5-11-12/h2-3,5-6H,1H3. The Morgan fingerprint density at radius 1 is 1.42 bits per heavy atom. The van der Waals surface area contributed by atoms with Gasteiger partial charge in [-0.2, -0.15) is 5.10 Å². The average Bonchev–Trinajstić information content (AvgIpc) is 2.58. The van der Waals surface area contributed by atoms with Crippen molar-refractivity contribution in [1.82, 2.24) is 19.7 Å². The molecule has 2 aromatic rings. The van der Waals surface area contributed by atoms with Crippen molar-refractivity contribution in [2.24, 2.45) is 0 Å². The molecule has 0 unspecified atom stereocenters. The third-order valence-electron chi connectivity index (χ3n) is 1.49. The van der Waals surface area contributed by atoms with Gasteiger partial charge in [0.15, 0.2) is 0 Å². The van der Waals surface area contributed by atoms with Crippen molar-refractivity contribution in [3.05, 3.63) is 36.7 Å². The molecule has 2 aromatic heterocycles. The monoisotopic (exact) mass is 159 g/mol. The highest BCUT2D eigenvalue weighted by Crippen LogP contribution is 2.02. The molecule has 0 saturated heterocycles.